The van der Waals surface area contributed by atoms with Crippen molar-refractivity contribution in [1.29, 1.82) is 0 Å². The van der Waals surface area contributed by atoms with E-state index in [1.54, 1.807) is 0 Å². The highest BCUT2D eigenvalue weighted by Crippen LogP contribution is 2.23. The topological polar surface area (TPSA) is 41.1 Å². The van der Waals surface area contributed by atoms with Gasteiger partial charge in [-0.3, -0.25) is 4.79 Å². The summed E-state index contributed by atoms with van der Waals surface area (Å²) in [5.74, 6) is 4.71. The van der Waals surface area contributed by atoms with Gasteiger partial charge in [0.2, 0.25) is 5.91 Å². The zero-order valence-electron chi connectivity index (χ0n) is 11.4. The van der Waals surface area contributed by atoms with Gasteiger partial charge in [0, 0.05) is 35.5 Å². The fourth-order valence-corrected chi connectivity index (χ4v) is 5.09. The lowest BCUT2D eigenvalue weighted by atomic mass is 9.93. The monoisotopic (exact) mass is 324 g/mol. The van der Waals surface area contributed by atoms with E-state index in [2.05, 4.69) is 10.6 Å². The molecule has 3 nitrogen and oxygen atoms in total. The number of hydrogen-bond donors (Lipinski definition) is 2. The molecule has 6 heteroatoms. The Morgan fingerprint density at radius 1 is 1.26 bits per heavy atom. The maximum absolute atomic E-state index is 11.8. The standard InChI is InChI=1S/C13H24N2OS2.ClH/c16-13(2-1-11-3-5-14-6-4-11)15-9-12-10-17-7-8-18-12;/h11-12,14H,1-10H2,(H,15,16);1H. The van der Waals surface area contributed by atoms with Gasteiger partial charge in [-0.05, 0) is 38.3 Å². The summed E-state index contributed by atoms with van der Waals surface area (Å²) >= 11 is 4.02. The van der Waals surface area contributed by atoms with Gasteiger partial charge in [0.1, 0.15) is 0 Å². The van der Waals surface area contributed by atoms with Gasteiger partial charge >= 0.3 is 0 Å². The highest BCUT2D eigenvalue weighted by Gasteiger charge is 2.17. The zero-order chi connectivity index (χ0) is 12.6. The van der Waals surface area contributed by atoms with Gasteiger partial charge in [0.25, 0.3) is 0 Å². The molecule has 1 atom stereocenters. The quantitative estimate of drug-likeness (QED) is 0.813. The molecule has 112 valence electrons. The number of piperidine rings is 1. The van der Waals surface area contributed by atoms with Crippen LogP contribution in [0.15, 0.2) is 0 Å². The van der Waals surface area contributed by atoms with Gasteiger partial charge in [-0.15, -0.1) is 12.4 Å². The van der Waals surface area contributed by atoms with Gasteiger partial charge < -0.3 is 10.6 Å². The molecule has 2 heterocycles. The minimum absolute atomic E-state index is 0. The van der Waals surface area contributed by atoms with Gasteiger partial charge in [-0.1, -0.05) is 0 Å². The van der Waals surface area contributed by atoms with Crippen LogP contribution in [0, 0.1) is 5.92 Å². The third-order valence-electron chi connectivity index (χ3n) is 3.65. The maximum atomic E-state index is 11.8. The second-order valence-corrected chi connectivity index (χ2v) is 7.66. The molecule has 0 aliphatic carbocycles. The molecule has 19 heavy (non-hydrogen) atoms. The van der Waals surface area contributed by atoms with Gasteiger partial charge in [-0.2, -0.15) is 23.5 Å². The van der Waals surface area contributed by atoms with E-state index in [1.165, 1.54) is 30.1 Å². The summed E-state index contributed by atoms with van der Waals surface area (Å²) in [5.41, 5.74) is 0. The Morgan fingerprint density at radius 2 is 2.05 bits per heavy atom. The largest absolute Gasteiger partial charge is 0.355 e. The average Bonchev–Trinajstić information content (AvgIpc) is 2.45. The zero-order valence-corrected chi connectivity index (χ0v) is 13.8. The van der Waals surface area contributed by atoms with Crippen LogP contribution in [0.3, 0.4) is 0 Å². The van der Waals surface area contributed by atoms with Crippen LogP contribution in [0.2, 0.25) is 0 Å². The van der Waals surface area contributed by atoms with E-state index < -0.39 is 0 Å². The number of halogens is 1. The Hall–Kier alpha value is 0.420. The van der Waals surface area contributed by atoms with Crippen LogP contribution < -0.4 is 10.6 Å². The Labute approximate surface area is 131 Å². The molecule has 0 saturated carbocycles. The predicted octanol–water partition coefficient (Wildman–Crippen LogP) is 2.15. The highest BCUT2D eigenvalue weighted by molar-refractivity contribution is 8.06. The first kappa shape index (κ1) is 17.5. The van der Waals surface area contributed by atoms with E-state index in [9.17, 15) is 4.79 Å². The van der Waals surface area contributed by atoms with E-state index in [0.717, 1.165) is 38.4 Å². The molecule has 1 unspecified atom stereocenters. The maximum Gasteiger partial charge on any atom is 0.220 e. The van der Waals surface area contributed by atoms with Crippen LogP contribution in [0.5, 0.6) is 0 Å². The van der Waals surface area contributed by atoms with Crippen LogP contribution in [-0.2, 0) is 4.79 Å². The molecule has 0 radical (unpaired) electrons. The lowest BCUT2D eigenvalue weighted by Gasteiger charge is -2.23. The Balaban J connectivity index is 0.00000180. The van der Waals surface area contributed by atoms with Gasteiger partial charge in [0.05, 0.1) is 0 Å². The number of carbonyl (C=O) groups excluding carboxylic acids is 1. The molecule has 2 aliphatic heterocycles. The van der Waals surface area contributed by atoms with Crippen LogP contribution in [0.1, 0.15) is 25.7 Å². The lowest BCUT2D eigenvalue weighted by Crippen LogP contribution is -2.34. The summed E-state index contributed by atoms with van der Waals surface area (Å²) < 4.78 is 0. The Bertz CT molecular complexity index is 233. The Kier molecular flexibility index (Phi) is 9.37. The van der Waals surface area contributed by atoms with Crippen molar-refractivity contribution in [2.75, 3.05) is 36.9 Å². The van der Waals surface area contributed by atoms with E-state index >= 15 is 0 Å². The van der Waals surface area contributed by atoms with Crippen LogP contribution in [0.25, 0.3) is 0 Å². The number of amides is 1. The summed E-state index contributed by atoms with van der Waals surface area (Å²) in [6, 6.07) is 0. The number of carbonyl (C=O) groups is 1. The number of nitrogens with one attached hydrogen (secondary N) is 2. The summed E-state index contributed by atoms with van der Waals surface area (Å²) in [4.78, 5) is 11.8. The molecule has 2 rings (SSSR count). The summed E-state index contributed by atoms with van der Waals surface area (Å²) in [7, 11) is 0. The first-order valence-corrected chi connectivity index (χ1v) is 9.21. The minimum Gasteiger partial charge on any atom is -0.355 e. The van der Waals surface area contributed by atoms with Gasteiger partial charge in [-0.25, -0.2) is 0 Å². The summed E-state index contributed by atoms with van der Waals surface area (Å²) in [5, 5.41) is 7.10. The van der Waals surface area contributed by atoms with Crippen molar-refractivity contribution in [2.24, 2.45) is 5.92 Å². The van der Waals surface area contributed by atoms with Crippen molar-refractivity contribution < 1.29 is 4.79 Å². The van der Waals surface area contributed by atoms with Crippen LogP contribution in [0.4, 0.5) is 0 Å². The number of hydrogen-bond acceptors (Lipinski definition) is 4. The van der Waals surface area contributed by atoms with E-state index in [0.29, 0.717) is 5.25 Å². The molecule has 2 aliphatic rings. The Morgan fingerprint density at radius 3 is 2.74 bits per heavy atom. The predicted molar refractivity (Wildman–Crippen MR) is 88.7 cm³/mol. The molecule has 0 aromatic heterocycles. The van der Waals surface area contributed by atoms with Crippen molar-refractivity contribution in [2.45, 2.75) is 30.9 Å². The van der Waals surface area contributed by atoms with Gasteiger partial charge in [0.15, 0.2) is 0 Å². The second-order valence-electron chi connectivity index (χ2n) is 5.10. The molecule has 0 spiro atoms. The minimum atomic E-state index is 0. The van der Waals surface area contributed by atoms with Crippen LogP contribution in [-0.4, -0.2) is 48.0 Å². The van der Waals surface area contributed by atoms with Crippen molar-refractivity contribution in [1.82, 2.24) is 10.6 Å². The molecule has 0 aromatic carbocycles. The normalized spacial score (nSPS) is 24.5. The van der Waals surface area contributed by atoms with Crippen molar-refractivity contribution >= 4 is 41.8 Å². The molecule has 0 aromatic rings. The average molecular weight is 325 g/mol. The van der Waals surface area contributed by atoms with E-state index in [4.69, 9.17) is 0 Å². The molecule has 2 N–H and O–H groups in total. The molecule has 0 bridgehead atoms. The molecule has 2 saturated heterocycles. The molecular weight excluding hydrogens is 300 g/mol. The van der Waals surface area contributed by atoms with E-state index in [-0.39, 0.29) is 18.3 Å². The molecule has 1 amide bonds. The third-order valence-corrected chi connectivity index (χ3v) is 6.50. The fraction of sp³-hybridized carbons (Fsp3) is 0.923. The lowest BCUT2D eigenvalue weighted by molar-refractivity contribution is -0.121. The number of thioether (sulfide) groups is 2. The van der Waals surface area contributed by atoms with Crippen molar-refractivity contribution in [3.63, 3.8) is 0 Å². The fourth-order valence-electron chi connectivity index (χ4n) is 2.48. The van der Waals surface area contributed by atoms with Crippen molar-refractivity contribution in [3.05, 3.63) is 0 Å². The number of rotatable bonds is 5. The summed E-state index contributed by atoms with van der Waals surface area (Å²) in [6.07, 6.45) is 4.26. The summed E-state index contributed by atoms with van der Waals surface area (Å²) in [6.45, 7) is 3.12. The van der Waals surface area contributed by atoms with E-state index in [1.807, 2.05) is 23.5 Å². The molecule has 2 fully saturated rings. The first-order chi connectivity index (χ1) is 8.84. The SMILES string of the molecule is Cl.O=C(CCC1CCNCC1)NCC1CSCCS1. The third kappa shape index (κ3) is 7.11. The van der Waals surface area contributed by atoms with Crippen LogP contribution >= 0.6 is 35.9 Å². The molecular formula is C13H25ClN2OS2. The highest BCUT2D eigenvalue weighted by atomic mass is 35.5. The second kappa shape index (κ2) is 10.2. The van der Waals surface area contributed by atoms with Crippen molar-refractivity contribution in [3.8, 4) is 0 Å². The smallest absolute Gasteiger partial charge is 0.220 e. The first-order valence-electron chi connectivity index (χ1n) is 7.01.